The molecule has 4 N–H and O–H groups in total. The first kappa shape index (κ1) is 36.6. The molecule has 0 heterocycles. The third-order valence-electron chi connectivity index (χ3n) is 6.74. The molecule has 0 unspecified atom stereocenters. The Hall–Kier alpha value is -4.84. The number of benzene rings is 3. The number of rotatable bonds is 15. The summed E-state index contributed by atoms with van der Waals surface area (Å²) in [4.78, 5) is 64.0. The van der Waals surface area contributed by atoms with Gasteiger partial charge in [0, 0.05) is 30.9 Å². The van der Waals surface area contributed by atoms with E-state index in [0.717, 1.165) is 24.0 Å². The quantitative estimate of drug-likeness (QED) is 0.137. The number of carboxylic acid groups (broad SMARTS) is 1. The van der Waals surface area contributed by atoms with E-state index in [9.17, 15) is 29.1 Å². The van der Waals surface area contributed by atoms with E-state index >= 15 is 0 Å². The maximum Gasteiger partial charge on any atom is 0.408 e. The van der Waals surface area contributed by atoms with E-state index in [4.69, 9.17) is 9.47 Å². The van der Waals surface area contributed by atoms with Crippen LogP contribution in [0.25, 0.3) is 0 Å². The van der Waals surface area contributed by atoms with Crippen LogP contribution >= 0.6 is 11.8 Å². The van der Waals surface area contributed by atoms with Gasteiger partial charge in [-0.25, -0.2) is 14.4 Å². The predicted octanol–water partition coefficient (Wildman–Crippen LogP) is 4.38. The van der Waals surface area contributed by atoms with Crippen LogP contribution in [0.4, 0.5) is 4.79 Å². The summed E-state index contributed by atoms with van der Waals surface area (Å²) >= 11 is 1.63. The van der Waals surface area contributed by atoms with Gasteiger partial charge >= 0.3 is 18.0 Å². The average Bonchev–Trinajstić information content (AvgIpc) is 3.03. The summed E-state index contributed by atoms with van der Waals surface area (Å²) in [6.45, 7) is 5.42. The van der Waals surface area contributed by atoms with Gasteiger partial charge in [-0.05, 0) is 49.6 Å². The molecule has 3 aromatic rings. The van der Waals surface area contributed by atoms with Gasteiger partial charge in [-0.1, -0.05) is 66.7 Å². The highest BCUT2D eigenvalue weighted by Gasteiger charge is 2.29. The van der Waals surface area contributed by atoms with Crippen molar-refractivity contribution in [2.45, 2.75) is 57.1 Å². The fourth-order valence-electron chi connectivity index (χ4n) is 4.54. The number of carbonyl (C=O) groups is 5. The van der Waals surface area contributed by atoms with Gasteiger partial charge in [-0.3, -0.25) is 9.59 Å². The van der Waals surface area contributed by atoms with Gasteiger partial charge < -0.3 is 30.5 Å². The van der Waals surface area contributed by atoms with E-state index in [-0.39, 0.29) is 24.0 Å². The SMILES string of the molecule is COC(=O)c1ccc(C[C@H](NC(=O)[C@H](Cc2ccccc2)NC(=O)OC(C)(C)C)C(=O)NCCSCc2ccccc2)cc1C(=O)O. The molecule has 2 atom stereocenters. The molecular formula is C35H41N3O8S. The van der Waals surface area contributed by atoms with E-state index in [1.54, 1.807) is 32.5 Å². The van der Waals surface area contributed by atoms with Crippen molar-refractivity contribution in [3.05, 3.63) is 107 Å². The number of aromatic carboxylic acids is 1. The van der Waals surface area contributed by atoms with Crippen molar-refractivity contribution in [1.82, 2.24) is 16.0 Å². The molecule has 0 fully saturated rings. The van der Waals surface area contributed by atoms with Gasteiger partial charge in [0.15, 0.2) is 0 Å². The van der Waals surface area contributed by atoms with Crippen molar-refractivity contribution in [2.24, 2.45) is 0 Å². The second-order valence-corrected chi connectivity index (χ2v) is 12.8. The van der Waals surface area contributed by atoms with Crippen LogP contribution in [0, 0.1) is 0 Å². The van der Waals surface area contributed by atoms with Crippen molar-refractivity contribution in [3.8, 4) is 0 Å². The normalized spacial score (nSPS) is 12.3. The van der Waals surface area contributed by atoms with Gasteiger partial charge in [0.05, 0.1) is 18.2 Å². The van der Waals surface area contributed by atoms with Crippen LogP contribution in [-0.4, -0.2) is 72.0 Å². The second kappa shape index (κ2) is 17.7. The first-order valence-corrected chi connectivity index (χ1v) is 16.2. The second-order valence-electron chi connectivity index (χ2n) is 11.7. The smallest absolute Gasteiger partial charge is 0.408 e. The molecule has 0 saturated heterocycles. The number of thioether (sulfide) groups is 1. The highest BCUT2D eigenvalue weighted by Crippen LogP contribution is 2.17. The molecule has 0 radical (unpaired) electrons. The lowest BCUT2D eigenvalue weighted by molar-refractivity contribution is -0.130. The molecule has 0 aliphatic rings. The summed E-state index contributed by atoms with van der Waals surface area (Å²) in [5, 5.41) is 18.0. The zero-order chi connectivity index (χ0) is 34.4. The van der Waals surface area contributed by atoms with Crippen LogP contribution in [0.1, 0.15) is 58.2 Å². The van der Waals surface area contributed by atoms with Gasteiger partial charge in [0.25, 0.3) is 0 Å². The molecule has 0 aliphatic carbocycles. The maximum absolute atomic E-state index is 13.7. The molecule has 0 bridgehead atoms. The van der Waals surface area contributed by atoms with Crippen LogP contribution in [0.3, 0.4) is 0 Å². The fraction of sp³-hybridized carbons (Fsp3) is 0.343. The van der Waals surface area contributed by atoms with Gasteiger partial charge in [-0.2, -0.15) is 11.8 Å². The lowest BCUT2D eigenvalue weighted by atomic mass is 9.98. The largest absolute Gasteiger partial charge is 0.478 e. The number of amides is 3. The number of carboxylic acids is 1. The first-order valence-electron chi connectivity index (χ1n) is 15.0. The molecule has 0 aliphatic heterocycles. The zero-order valence-electron chi connectivity index (χ0n) is 26.9. The summed E-state index contributed by atoms with van der Waals surface area (Å²) < 4.78 is 10.1. The fourth-order valence-corrected chi connectivity index (χ4v) is 5.36. The van der Waals surface area contributed by atoms with Crippen LogP contribution in [0.5, 0.6) is 0 Å². The minimum Gasteiger partial charge on any atom is -0.478 e. The minimum absolute atomic E-state index is 0.0963. The van der Waals surface area contributed by atoms with E-state index in [1.807, 2.05) is 60.7 Å². The number of alkyl carbamates (subject to hydrolysis) is 1. The Bertz CT molecular complexity index is 1530. The van der Waals surface area contributed by atoms with Crippen molar-refractivity contribution in [2.75, 3.05) is 19.4 Å². The molecule has 11 nitrogen and oxygen atoms in total. The van der Waals surface area contributed by atoms with Crippen LogP contribution in [-0.2, 0) is 37.7 Å². The van der Waals surface area contributed by atoms with Gasteiger partial charge in [-0.15, -0.1) is 0 Å². The number of hydrogen-bond acceptors (Lipinski definition) is 8. The van der Waals surface area contributed by atoms with Crippen LogP contribution < -0.4 is 16.0 Å². The Kier molecular flexibility index (Phi) is 13.8. The maximum atomic E-state index is 13.7. The summed E-state index contributed by atoms with van der Waals surface area (Å²) in [5.74, 6) is -1.93. The third-order valence-corrected chi connectivity index (χ3v) is 7.77. The zero-order valence-corrected chi connectivity index (χ0v) is 27.7. The highest BCUT2D eigenvalue weighted by atomic mass is 32.2. The third kappa shape index (κ3) is 12.5. The number of hydrogen-bond donors (Lipinski definition) is 4. The molecule has 3 aromatic carbocycles. The lowest BCUT2D eigenvalue weighted by Gasteiger charge is -2.25. The molecule has 3 amide bonds. The van der Waals surface area contributed by atoms with E-state index in [1.165, 1.54) is 18.2 Å². The van der Waals surface area contributed by atoms with E-state index in [0.29, 0.717) is 17.9 Å². The first-order chi connectivity index (χ1) is 22.4. The number of methoxy groups -OCH3 is 1. The molecule has 0 aromatic heterocycles. The van der Waals surface area contributed by atoms with Crippen LogP contribution in [0.15, 0.2) is 78.9 Å². The summed E-state index contributed by atoms with van der Waals surface area (Å²) in [6, 6.07) is 20.8. The molecule has 0 saturated carbocycles. The lowest BCUT2D eigenvalue weighted by Crippen LogP contribution is -2.55. The van der Waals surface area contributed by atoms with Crippen molar-refractivity contribution in [3.63, 3.8) is 0 Å². The van der Waals surface area contributed by atoms with Crippen molar-refractivity contribution in [1.29, 1.82) is 0 Å². The monoisotopic (exact) mass is 663 g/mol. The predicted molar refractivity (Wildman–Crippen MR) is 179 cm³/mol. The molecule has 12 heteroatoms. The standard InChI is InChI=1S/C35H41N3O8S/c1-35(2,3)46-34(44)38-29(20-23-11-7-5-8-12-23)31(40)37-28(30(39)36-17-18-47-22-24-13-9-6-10-14-24)21-25-15-16-26(33(43)45-4)27(19-25)32(41)42/h5-16,19,28-29H,17-18,20-22H2,1-4H3,(H,36,39)(H,37,40)(H,38,44)(H,41,42)/t28-,29-/m0/s1. The van der Waals surface area contributed by atoms with Gasteiger partial charge in [0.2, 0.25) is 11.8 Å². The van der Waals surface area contributed by atoms with Crippen molar-refractivity contribution >= 4 is 41.6 Å². The Morgan fingerprint density at radius 3 is 1.96 bits per heavy atom. The highest BCUT2D eigenvalue weighted by molar-refractivity contribution is 7.98. The summed E-state index contributed by atoms with van der Waals surface area (Å²) in [7, 11) is 1.15. The molecule has 0 spiro atoms. The Balaban J connectivity index is 1.82. The molecule has 3 rings (SSSR count). The molecular weight excluding hydrogens is 622 g/mol. The topological polar surface area (TPSA) is 160 Å². The van der Waals surface area contributed by atoms with E-state index < -0.39 is 47.5 Å². The number of nitrogens with one attached hydrogen (secondary N) is 3. The Labute approximate surface area is 278 Å². The Morgan fingerprint density at radius 2 is 1.36 bits per heavy atom. The molecule has 47 heavy (non-hydrogen) atoms. The minimum atomic E-state index is -1.35. The van der Waals surface area contributed by atoms with Crippen LogP contribution in [0.2, 0.25) is 0 Å². The van der Waals surface area contributed by atoms with E-state index in [2.05, 4.69) is 16.0 Å². The molecule has 250 valence electrons. The van der Waals surface area contributed by atoms with Crippen molar-refractivity contribution < 1.29 is 38.6 Å². The number of esters is 1. The number of carbonyl (C=O) groups excluding carboxylic acids is 4. The summed E-state index contributed by atoms with van der Waals surface area (Å²) in [6.07, 6.45) is -0.775. The Morgan fingerprint density at radius 1 is 0.766 bits per heavy atom. The van der Waals surface area contributed by atoms with Gasteiger partial charge in [0.1, 0.15) is 17.7 Å². The summed E-state index contributed by atoms with van der Waals surface area (Å²) in [5.41, 5.74) is 1.05. The number of ether oxygens (including phenoxy) is 2. The average molecular weight is 664 g/mol.